The van der Waals surface area contributed by atoms with Crippen LogP contribution in [0, 0.1) is 5.41 Å². The summed E-state index contributed by atoms with van der Waals surface area (Å²) in [6.45, 7) is 3.53. The van der Waals surface area contributed by atoms with Crippen LogP contribution in [0.5, 0.6) is 5.88 Å². The van der Waals surface area contributed by atoms with Crippen molar-refractivity contribution in [1.29, 1.82) is 0 Å². The van der Waals surface area contributed by atoms with Crippen LogP contribution >= 0.6 is 0 Å². The third-order valence-electron chi connectivity index (χ3n) is 3.93. The lowest BCUT2D eigenvalue weighted by Gasteiger charge is -2.22. The summed E-state index contributed by atoms with van der Waals surface area (Å²) >= 11 is 0. The summed E-state index contributed by atoms with van der Waals surface area (Å²) in [7, 11) is 1.86. The maximum absolute atomic E-state index is 11.2. The molecule has 1 aromatic carbocycles. The number of benzene rings is 1. The topological polar surface area (TPSA) is 84.3 Å². The summed E-state index contributed by atoms with van der Waals surface area (Å²) in [6, 6.07) is 7.83. The van der Waals surface area contributed by atoms with Crippen molar-refractivity contribution in [3.05, 3.63) is 36.7 Å². The van der Waals surface area contributed by atoms with Gasteiger partial charge in [-0.1, -0.05) is 19.1 Å². The van der Waals surface area contributed by atoms with Crippen LogP contribution in [0.1, 0.15) is 20.3 Å². The first-order valence-electron chi connectivity index (χ1n) is 7.45. The standard InChI is InChI=1S/C17H21N3O3/c1-4-17(2,16(21)22)11-23-15-10-19-14(9-20-15)12-5-7-13(18-3)8-6-12/h5-10,18H,4,11H2,1-3H3,(H,21,22). The van der Waals surface area contributed by atoms with E-state index in [0.29, 0.717) is 12.3 Å². The summed E-state index contributed by atoms with van der Waals surface area (Å²) < 4.78 is 5.49. The lowest BCUT2D eigenvalue weighted by molar-refractivity contribution is -0.150. The Kier molecular flexibility index (Phi) is 5.16. The number of carboxylic acids is 1. The number of rotatable bonds is 7. The van der Waals surface area contributed by atoms with Gasteiger partial charge in [0.05, 0.1) is 23.5 Å². The zero-order valence-corrected chi connectivity index (χ0v) is 13.5. The van der Waals surface area contributed by atoms with Crippen LogP contribution in [0.3, 0.4) is 0 Å². The van der Waals surface area contributed by atoms with Gasteiger partial charge in [0.25, 0.3) is 0 Å². The van der Waals surface area contributed by atoms with E-state index in [1.165, 1.54) is 6.20 Å². The first-order chi connectivity index (χ1) is 11.0. The van der Waals surface area contributed by atoms with Gasteiger partial charge in [-0.3, -0.25) is 4.79 Å². The normalized spacial score (nSPS) is 13.2. The van der Waals surface area contributed by atoms with E-state index in [1.54, 1.807) is 13.1 Å². The number of anilines is 1. The molecule has 0 saturated heterocycles. The molecule has 1 unspecified atom stereocenters. The molecule has 0 aliphatic carbocycles. The Morgan fingerprint density at radius 3 is 2.43 bits per heavy atom. The molecule has 1 atom stereocenters. The molecule has 0 bridgehead atoms. The molecule has 23 heavy (non-hydrogen) atoms. The number of hydrogen-bond acceptors (Lipinski definition) is 5. The molecule has 0 aliphatic heterocycles. The van der Waals surface area contributed by atoms with Gasteiger partial charge in [-0.05, 0) is 25.5 Å². The van der Waals surface area contributed by atoms with E-state index in [-0.39, 0.29) is 6.61 Å². The van der Waals surface area contributed by atoms with Crippen LogP contribution in [-0.4, -0.2) is 34.7 Å². The van der Waals surface area contributed by atoms with Crippen LogP contribution in [0.25, 0.3) is 11.3 Å². The van der Waals surface area contributed by atoms with Gasteiger partial charge in [-0.2, -0.15) is 0 Å². The third kappa shape index (κ3) is 3.97. The number of aliphatic carboxylic acids is 1. The zero-order chi connectivity index (χ0) is 16.9. The van der Waals surface area contributed by atoms with Crippen molar-refractivity contribution in [2.24, 2.45) is 5.41 Å². The molecular weight excluding hydrogens is 294 g/mol. The van der Waals surface area contributed by atoms with E-state index in [9.17, 15) is 9.90 Å². The average molecular weight is 315 g/mol. The van der Waals surface area contributed by atoms with Crippen LogP contribution in [0.2, 0.25) is 0 Å². The smallest absolute Gasteiger partial charge is 0.312 e. The molecule has 2 rings (SSSR count). The van der Waals surface area contributed by atoms with E-state index in [1.807, 2.05) is 38.2 Å². The highest BCUT2D eigenvalue weighted by Gasteiger charge is 2.32. The Labute approximate surface area is 135 Å². The van der Waals surface area contributed by atoms with Crippen molar-refractivity contribution in [3.8, 4) is 17.1 Å². The molecule has 0 aliphatic rings. The second-order valence-electron chi connectivity index (χ2n) is 5.58. The SMILES string of the molecule is CCC(C)(COc1cnc(-c2ccc(NC)cc2)cn1)C(=O)O. The molecule has 1 heterocycles. The van der Waals surface area contributed by atoms with Gasteiger partial charge in [-0.25, -0.2) is 9.97 Å². The maximum atomic E-state index is 11.2. The molecular formula is C17H21N3O3. The summed E-state index contributed by atoms with van der Waals surface area (Å²) in [5.74, 6) is -0.560. The van der Waals surface area contributed by atoms with Crippen LogP contribution < -0.4 is 10.1 Å². The van der Waals surface area contributed by atoms with E-state index >= 15 is 0 Å². The average Bonchev–Trinajstić information content (AvgIpc) is 2.60. The van der Waals surface area contributed by atoms with Crippen LogP contribution in [0.4, 0.5) is 5.69 Å². The third-order valence-corrected chi connectivity index (χ3v) is 3.93. The summed E-state index contributed by atoms with van der Waals surface area (Å²) in [6.07, 6.45) is 3.61. The van der Waals surface area contributed by atoms with E-state index in [0.717, 1.165) is 16.9 Å². The van der Waals surface area contributed by atoms with Crippen molar-refractivity contribution >= 4 is 11.7 Å². The Morgan fingerprint density at radius 1 is 1.26 bits per heavy atom. The Balaban J connectivity index is 2.05. The quantitative estimate of drug-likeness (QED) is 0.817. The van der Waals surface area contributed by atoms with Gasteiger partial charge >= 0.3 is 5.97 Å². The first-order valence-corrected chi connectivity index (χ1v) is 7.45. The second kappa shape index (κ2) is 7.09. The number of aromatic nitrogens is 2. The van der Waals surface area contributed by atoms with Crippen molar-refractivity contribution < 1.29 is 14.6 Å². The highest BCUT2D eigenvalue weighted by Crippen LogP contribution is 2.23. The number of nitrogens with zero attached hydrogens (tertiary/aromatic N) is 2. The summed E-state index contributed by atoms with van der Waals surface area (Å²) in [5.41, 5.74) is 1.78. The molecule has 122 valence electrons. The predicted octanol–water partition coefficient (Wildman–Crippen LogP) is 3.07. The molecule has 1 aromatic heterocycles. The minimum Gasteiger partial charge on any atom is -0.481 e. The Hall–Kier alpha value is -2.63. The number of nitrogens with one attached hydrogen (secondary N) is 1. The molecule has 2 aromatic rings. The second-order valence-corrected chi connectivity index (χ2v) is 5.58. The lowest BCUT2D eigenvalue weighted by atomic mass is 9.89. The monoisotopic (exact) mass is 315 g/mol. The van der Waals surface area contributed by atoms with Crippen molar-refractivity contribution in [2.75, 3.05) is 19.0 Å². The lowest BCUT2D eigenvalue weighted by Crippen LogP contribution is -2.33. The highest BCUT2D eigenvalue weighted by molar-refractivity contribution is 5.74. The number of carboxylic acid groups (broad SMARTS) is 1. The first kappa shape index (κ1) is 16.7. The fourth-order valence-corrected chi connectivity index (χ4v) is 1.90. The molecule has 2 N–H and O–H groups in total. The molecule has 0 radical (unpaired) electrons. The molecule has 0 spiro atoms. The van der Waals surface area contributed by atoms with Crippen molar-refractivity contribution in [1.82, 2.24) is 9.97 Å². The van der Waals surface area contributed by atoms with Crippen molar-refractivity contribution in [2.45, 2.75) is 20.3 Å². The van der Waals surface area contributed by atoms with Gasteiger partial charge in [0.1, 0.15) is 6.61 Å². The number of ether oxygens (including phenoxy) is 1. The molecule has 6 nitrogen and oxygen atoms in total. The Morgan fingerprint density at radius 2 is 1.96 bits per heavy atom. The van der Waals surface area contributed by atoms with Gasteiger partial charge in [0, 0.05) is 18.3 Å². The van der Waals surface area contributed by atoms with E-state index in [2.05, 4.69) is 15.3 Å². The van der Waals surface area contributed by atoms with Gasteiger partial charge in [0.2, 0.25) is 5.88 Å². The van der Waals surface area contributed by atoms with E-state index < -0.39 is 11.4 Å². The van der Waals surface area contributed by atoms with Gasteiger partial charge < -0.3 is 15.2 Å². The van der Waals surface area contributed by atoms with Crippen LogP contribution in [0.15, 0.2) is 36.7 Å². The molecule has 0 amide bonds. The van der Waals surface area contributed by atoms with Crippen molar-refractivity contribution in [3.63, 3.8) is 0 Å². The molecule has 0 fully saturated rings. The fourth-order valence-electron chi connectivity index (χ4n) is 1.90. The number of carbonyl (C=O) groups is 1. The highest BCUT2D eigenvalue weighted by atomic mass is 16.5. The van der Waals surface area contributed by atoms with Gasteiger partial charge in [0.15, 0.2) is 0 Å². The predicted molar refractivity (Wildman–Crippen MR) is 88.5 cm³/mol. The molecule has 6 heteroatoms. The maximum Gasteiger partial charge on any atom is 0.312 e. The van der Waals surface area contributed by atoms with Gasteiger partial charge in [-0.15, -0.1) is 0 Å². The minimum atomic E-state index is -0.927. The summed E-state index contributed by atoms with van der Waals surface area (Å²) in [5, 5.41) is 12.3. The number of hydrogen-bond donors (Lipinski definition) is 2. The zero-order valence-electron chi connectivity index (χ0n) is 13.5. The molecule has 0 saturated carbocycles. The van der Waals surface area contributed by atoms with E-state index in [4.69, 9.17) is 4.74 Å². The van der Waals surface area contributed by atoms with Crippen LogP contribution in [-0.2, 0) is 4.79 Å². The largest absolute Gasteiger partial charge is 0.481 e. The Bertz CT molecular complexity index is 656. The fraction of sp³-hybridized carbons (Fsp3) is 0.353. The summed E-state index contributed by atoms with van der Waals surface area (Å²) in [4.78, 5) is 19.8. The minimum absolute atomic E-state index is 0.0593.